The highest BCUT2D eigenvalue weighted by molar-refractivity contribution is 6.31. The third-order valence-electron chi connectivity index (χ3n) is 5.47. The Labute approximate surface area is 189 Å². The Balaban J connectivity index is 1.78. The molecule has 3 aromatic rings. The number of fused-ring (bicyclic) bond motifs is 1. The number of rotatable bonds is 5. The van der Waals surface area contributed by atoms with Gasteiger partial charge < -0.3 is 15.3 Å². The van der Waals surface area contributed by atoms with Gasteiger partial charge in [0.2, 0.25) is 0 Å². The van der Waals surface area contributed by atoms with E-state index in [1.807, 2.05) is 6.92 Å². The van der Waals surface area contributed by atoms with Crippen molar-refractivity contribution in [2.45, 2.75) is 32.2 Å². The number of nitrogens with zero attached hydrogens (tertiary/aromatic N) is 3. The van der Waals surface area contributed by atoms with Gasteiger partial charge in [0.15, 0.2) is 0 Å². The van der Waals surface area contributed by atoms with Gasteiger partial charge in [-0.05, 0) is 50.5 Å². The number of hydrogen-bond donors (Lipinski definition) is 2. The van der Waals surface area contributed by atoms with Crippen molar-refractivity contribution in [3.63, 3.8) is 0 Å². The summed E-state index contributed by atoms with van der Waals surface area (Å²) in [6.07, 6.45) is 4.87. The fourth-order valence-corrected chi connectivity index (χ4v) is 4.30. The predicted molar refractivity (Wildman–Crippen MR) is 123 cm³/mol. The van der Waals surface area contributed by atoms with Gasteiger partial charge in [0.05, 0.1) is 16.6 Å². The van der Waals surface area contributed by atoms with Crippen LogP contribution < -0.4 is 15.8 Å². The number of hydrogen-bond acceptors (Lipinski definition) is 5. The number of carboxylic acids is 1. The molecule has 1 atom stereocenters. The summed E-state index contributed by atoms with van der Waals surface area (Å²) in [6, 6.07) is 7.54. The number of benzene rings is 1. The van der Waals surface area contributed by atoms with Crippen LogP contribution in [0.15, 0.2) is 41.3 Å². The van der Waals surface area contributed by atoms with Crippen molar-refractivity contribution < 1.29 is 9.90 Å². The van der Waals surface area contributed by atoms with E-state index in [0.29, 0.717) is 32.8 Å². The molecule has 1 aliphatic heterocycles. The topological polar surface area (TPSA) is 86.9 Å². The fraction of sp³-hybridized carbons (Fsp3) is 0.318. The summed E-state index contributed by atoms with van der Waals surface area (Å²) in [6.45, 7) is 3.60. The minimum absolute atomic E-state index is 0.0600. The van der Waals surface area contributed by atoms with E-state index < -0.39 is 5.97 Å². The van der Waals surface area contributed by atoms with Gasteiger partial charge in [0, 0.05) is 41.6 Å². The van der Waals surface area contributed by atoms with Crippen LogP contribution in [0.3, 0.4) is 0 Å². The maximum Gasteiger partial charge on any atom is 0.337 e. The molecule has 9 heteroatoms. The smallest absolute Gasteiger partial charge is 0.337 e. The van der Waals surface area contributed by atoms with Crippen LogP contribution in [0.1, 0.15) is 48.1 Å². The standard InChI is InChI=1S/C22H22Cl2N4O3/c1-13(25-18-6-5-14(23)9-17(18)22(30)31)16-10-15(24)12-28-20(29)11-19(26-21(16)28)27-7-3-2-4-8-27/h5-6,9-13,25H,2-4,7-8H2,1H3,(H,30,31)/t13-/m1/s1. The molecule has 1 fully saturated rings. The van der Waals surface area contributed by atoms with Gasteiger partial charge in [-0.15, -0.1) is 0 Å². The second-order valence-electron chi connectivity index (χ2n) is 7.67. The summed E-state index contributed by atoms with van der Waals surface area (Å²) in [7, 11) is 0. The summed E-state index contributed by atoms with van der Waals surface area (Å²) in [5.74, 6) is -0.437. The molecule has 2 aromatic heterocycles. The molecular weight excluding hydrogens is 439 g/mol. The van der Waals surface area contributed by atoms with E-state index in [1.54, 1.807) is 24.4 Å². The van der Waals surface area contributed by atoms with Gasteiger partial charge in [-0.2, -0.15) is 0 Å². The average Bonchev–Trinajstić information content (AvgIpc) is 2.75. The molecule has 0 aliphatic carbocycles. The number of anilines is 2. The first-order valence-corrected chi connectivity index (χ1v) is 10.9. The van der Waals surface area contributed by atoms with Crippen LogP contribution >= 0.6 is 23.2 Å². The van der Waals surface area contributed by atoms with Gasteiger partial charge in [-0.1, -0.05) is 23.2 Å². The van der Waals surface area contributed by atoms with Crippen molar-refractivity contribution in [2.24, 2.45) is 0 Å². The van der Waals surface area contributed by atoms with Crippen molar-refractivity contribution in [1.82, 2.24) is 9.38 Å². The summed E-state index contributed by atoms with van der Waals surface area (Å²) in [5.41, 5.74) is 1.44. The van der Waals surface area contributed by atoms with Crippen molar-refractivity contribution in [3.05, 3.63) is 68.1 Å². The fourth-order valence-electron chi connectivity index (χ4n) is 3.92. The molecule has 3 heterocycles. The van der Waals surface area contributed by atoms with E-state index in [1.165, 1.54) is 23.0 Å². The van der Waals surface area contributed by atoms with Crippen LogP contribution in [0.5, 0.6) is 0 Å². The predicted octanol–water partition coefficient (Wildman–Crippen LogP) is 4.86. The zero-order valence-corrected chi connectivity index (χ0v) is 18.5. The molecule has 4 rings (SSSR count). The van der Waals surface area contributed by atoms with Gasteiger partial charge in [-0.25, -0.2) is 9.78 Å². The zero-order valence-electron chi connectivity index (χ0n) is 16.9. The molecule has 7 nitrogen and oxygen atoms in total. The molecule has 1 aliphatic rings. The molecule has 0 bridgehead atoms. The highest BCUT2D eigenvalue weighted by atomic mass is 35.5. The minimum Gasteiger partial charge on any atom is -0.478 e. The summed E-state index contributed by atoms with van der Waals surface area (Å²) in [5, 5.41) is 13.5. The highest BCUT2D eigenvalue weighted by Gasteiger charge is 2.20. The SMILES string of the molecule is C[C@@H](Nc1ccc(Cl)cc1C(=O)O)c1cc(Cl)cn2c(=O)cc(N3CCCCC3)nc12. The molecule has 0 amide bonds. The molecule has 31 heavy (non-hydrogen) atoms. The third kappa shape index (κ3) is 4.48. The molecule has 0 spiro atoms. The van der Waals surface area contributed by atoms with E-state index in [0.717, 1.165) is 25.9 Å². The maximum absolute atomic E-state index is 12.8. The summed E-state index contributed by atoms with van der Waals surface area (Å²) < 4.78 is 1.43. The lowest BCUT2D eigenvalue weighted by molar-refractivity contribution is 0.0698. The van der Waals surface area contributed by atoms with Crippen LogP contribution in [0.2, 0.25) is 10.0 Å². The summed E-state index contributed by atoms with van der Waals surface area (Å²) >= 11 is 12.3. The number of aromatic nitrogens is 2. The monoisotopic (exact) mass is 460 g/mol. The number of halogens is 2. The molecule has 0 unspecified atom stereocenters. The Hall–Kier alpha value is -2.77. The van der Waals surface area contributed by atoms with Crippen molar-refractivity contribution in [3.8, 4) is 0 Å². The van der Waals surface area contributed by atoms with E-state index >= 15 is 0 Å². The van der Waals surface area contributed by atoms with Crippen LogP contribution in [0.4, 0.5) is 11.5 Å². The van der Waals surface area contributed by atoms with Crippen LogP contribution in [0, 0.1) is 0 Å². The largest absolute Gasteiger partial charge is 0.478 e. The first kappa shape index (κ1) is 21.5. The summed E-state index contributed by atoms with van der Waals surface area (Å²) in [4.78, 5) is 31.4. The van der Waals surface area contributed by atoms with Gasteiger partial charge in [0.1, 0.15) is 11.5 Å². The van der Waals surface area contributed by atoms with E-state index in [9.17, 15) is 14.7 Å². The second-order valence-corrected chi connectivity index (χ2v) is 8.54. The van der Waals surface area contributed by atoms with Crippen molar-refractivity contribution in [2.75, 3.05) is 23.3 Å². The Kier molecular flexibility index (Phi) is 6.07. The molecule has 0 saturated carbocycles. The average molecular weight is 461 g/mol. The maximum atomic E-state index is 12.8. The Morgan fingerprint density at radius 2 is 1.87 bits per heavy atom. The Morgan fingerprint density at radius 3 is 2.58 bits per heavy atom. The Morgan fingerprint density at radius 1 is 1.13 bits per heavy atom. The van der Waals surface area contributed by atoms with Crippen LogP contribution in [-0.2, 0) is 0 Å². The normalized spacial score (nSPS) is 15.1. The second kappa shape index (κ2) is 8.77. The van der Waals surface area contributed by atoms with E-state index in [2.05, 4.69) is 10.2 Å². The molecule has 2 N–H and O–H groups in total. The van der Waals surface area contributed by atoms with Crippen molar-refractivity contribution in [1.29, 1.82) is 0 Å². The quantitative estimate of drug-likeness (QED) is 0.564. The Bertz CT molecular complexity index is 1210. The number of aromatic carboxylic acids is 1. The lowest BCUT2D eigenvalue weighted by Crippen LogP contribution is -2.32. The van der Waals surface area contributed by atoms with Crippen LogP contribution in [-0.4, -0.2) is 33.6 Å². The highest BCUT2D eigenvalue weighted by Crippen LogP contribution is 2.29. The number of piperidine rings is 1. The molecule has 0 radical (unpaired) electrons. The van der Waals surface area contributed by atoms with Gasteiger partial charge in [0.25, 0.3) is 5.56 Å². The first-order valence-electron chi connectivity index (χ1n) is 10.1. The minimum atomic E-state index is -1.09. The van der Waals surface area contributed by atoms with Gasteiger partial charge >= 0.3 is 5.97 Å². The molecule has 1 aromatic carbocycles. The van der Waals surface area contributed by atoms with E-state index in [-0.39, 0.29) is 17.2 Å². The van der Waals surface area contributed by atoms with E-state index in [4.69, 9.17) is 28.2 Å². The van der Waals surface area contributed by atoms with Crippen LogP contribution in [0.25, 0.3) is 5.65 Å². The number of carbonyl (C=O) groups is 1. The lowest BCUT2D eigenvalue weighted by atomic mass is 10.1. The number of pyridine rings is 1. The lowest BCUT2D eigenvalue weighted by Gasteiger charge is -2.28. The zero-order chi connectivity index (χ0) is 22.1. The molecule has 162 valence electrons. The third-order valence-corrected chi connectivity index (χ3v) is 5.92. The first-order chi connectivity index (χ1) is 14.8. The number of nitrogens with one attached hydrogen (secondary N) is 1. The molecular formula is C22H22Cl2N4O3. The number of carboxylic acid groups (broad SMARTS) is 1. The van der Waals surface area contributed by atoms with Gasteiger partial charge in [-0.3, -0.25) is 9.20 Å². The van der Waals surface area contributed by atoms with Crippen molar-refractivity contribution >= 4 is 46.3 Å². The molecule has 1 saturated heterocycles.